The van der Waals surface area contributed by atoms with Crippen LogP contribution in [0.5, 0.6) is 0 Å². The summed E-state index contributed by atoms with van der Waals surface area (Å²) in [4.78, 5) is 0. The molecule has 2 aromatic rings. The van der Waals surface area contributed by atoms with Crippen molar-refractivity contribution in [2.75, 3.05) is 34.4 Å². The molecule has 0 bridgehead atoms. The fourth-order valence-electron chi connectivity index (χ4n) is 3.53. The molecule has 1 aliphatic heterocycles. The quantitative estimate of drug-likeness (QED) is 0.370. The van der Waals surface area contributed by atoms with Crippen LogP contribution in [0.25, 0.3) is 0 Å². The molecule has 0 aromatic heterocycles. The van der Waals surface area contributed by atoms with E-state index in [4.69, 9.17) is 33.2 Å². The molecule has 176 valence electrons. The average Bonchev–Trinajstić information content (AvgIpc) is 2.83. The number of rotatable bonds is 13. The van der Waals surface area contributed by atoms with Gasteiger partial charge in [-0.1, -0.05) is 60.7 Å². The van der Waals surface area contributed by atoms with Gasteiger partial charge in [-0.2, -0.15) is 0 Å². The maximum atomic E-state index is 10.7. The molecular weight excluding hydrogens is 416 g/mol. The molecule has 1 fully saturated rings. The van der Waals surface area contributed by atoms with Gasteiger partial charge in [-0.3, -0.25) is 0 Å². The van der Waals surface area contributed by atoms with E-state index in [-0.39, 0.29) is 26.8 Å². The number of ether oxygens (including phenoxy) is 7. The lowest BCUT2D eigenvalue weighted by Crippen LogP contribution is -2.61. The molecule has 2 aromatic carbocycles. The van der Waals surface area contributed by atoms with Crippen LogP contribution in [0.1, 0.15) is 11.1 Å². The van der Waals surface area contributed by atoms with E-state index in [1.807, 2.05) is 60.7 Å². The molecule has 3 rings (SSSR count). The van der Waals surface area contributed by atoms with Gasteiger partial charge in [-0.15, -0.1) is 0 Å². The molecule has 1 N–H and O–H groups in total. The van der Waals surface area contributed by atoms with E-state index in [1.54, 1.807) is 0 Å². The summed E-state index contributed by atoms with van der Waals surface area (Å²) in [6.07, 6.45) is -3.84. The van der Waals surface area contributed by atoms with Crippen molar-refractivity contribution in [1.29, 1.82) is 0 Å². The van der Waals surface area contributed by atoms with Crippen LogP contribution in [-0.4, -0.2) is 70.2 Å². The molecule has 0 amide bonds. The fourth-order valence-corrected chi connectivity index (χ4v) is 3.53. The van der Waals surface area contributed by atoms with Gasteiger partial charge in [0.1, 0.15) is 38.0 Å². The summed E-state index contributed by atoms with van der Waals surface area (Å²) in [5, 5.41) is 10.7. The van der Waals surface area contributed by atoms with E-state index in [0.29, 0.717) is 6.61 Å². The Balaban J connectivity index is 1.76. The maximum absolute atomic E-state index is 10.7. The van der Waals surface area contributed by atoms with Gasteiger partial charge >= 0.3 is 0 Å². The largest absolute Gasteiger partial charge is 0.368 e. The number of aliphatic hydroxyl groups is 1. The molecule has 0 saturated carbocycles. The minimum Gasteiger partial charge on any atom is -0.368 e. The molecule has 1 aliphatic rings. The highest BCUT2D eigenvalue weighted by atomic mass is 16.7. The third-order valence-electron chi connectivity index (χ3n) is 5.04. The van der Waals surface area contributed by atoms with Gasteiger partial charge in [0.25, 0.3) is 0 Å². The van der Waals surface area contributed by atoms with E-state index in [0.717, 1.165) is 11.1 Å². The van der Waals surface area contributed by atoms with Crippen LogP contribution in [0.2, 0.25) is 0 Å². The van der Waals surface area contributed by atoms with E-state index >= 15 is 0 Å². The molecule has 0 aliphatic carbocycles. The van der Waals surface area contributed by atoms with Gasteiger partial charge in [-0.05, 0) is 11.1 Å². The third-order valence-corrected chi connectivity index (χ3v) is 5.04. The Morgan fingerprint density at radius 2 is 1.28 bits per heavy atom. The van der Waals surface area contributed by atoms with Crippen molar-refractivity contribution in [2.24, 2.45) is 0 Å². The van der Waals surface area contributed by atoms with Crippen molar-refractivity contribution < 1.29 is 38.3 Å². The van der Waals surface area contributed by atoms with Gasteiger partial charge in [-0.25, -0.2) is 0 Å². The molecule has 0 unspecified atom stereocenters. The Labute approximate surface area is 188 Å². The summed E-state index contributed by atoms with van der Waals surface area (Å²) in [5.41, 5.74) is 1.97. The lowest BCUT2D eigenvalue weighted by Gasteiger charge is -2.44. The second-order valence-corrected chi connectivity index (χ2v) is 7.40. The Kier molecular flexibility index (Phi) is 10.5. The van der Waals surface area contributed by atoms with Crippen molar-refractivity contribution in [3.63, 3.8) is 0 Å². The highest BCUT2D eigenvalue weighted by molar-refractivity contribution is 5.14. The van der Waals surface area contributed by atoms with Crippen LogP contribution in [0.15, 0.2) is 60.7 Å². The van der Waals surface area contributed by atoms with Crippen molar-refractivity contribution in [2.45, 2.75) is 43.9 Å². The first-order chi connectivity index (χ1) is 15.7. The third kappa shape index (κ3) is 7.33. The van der Waals surface area contributed by atoms with Gasteiger partial charge in [0, 0.05) is 14.2 Å². The van der Waals surface area contributed by atoms with Crippen LogP contribution in [0.4, 0.5) is 0 Å². The van der Waals surface area contributed by atoms with E-state index in [9.17, 15) is 5.11 Å². The van der Waals surface area contributed by atoms with Gasteiger partial charge < -0.3 is 38.3 Å². The molecule has 5 atom stereocenters. The number of hydrogen-bond acceptors (Lipinski definition) is 8. The average molecular weight is 449 g/mol. The number of hydrogen-bond donors (Lipinski definition) is 1. The normalized spacial score (nSPS) is 25.7. The first-order valence-electron chi connectivity index (χ1n) is 10.5. The SMILES string of the molecule is COCOC[C@H]1O[C@@H](O)[C@H](OCc2ccccc2)[C@@H](OCOC)[C@@H]1OCc1ccccc1. The van der Waals surface area contributed by atoms with Crippen molar-refractivity contribution in [1.82, 2.24) is 0 Å². The second-order valence-electron chi connectivity index (χ2n) is 7.40. The first-order valence-corrected chi connectivity index (χ1v) is 10.5. The number of methoxy groups -OCH3 is 2. The van der Waals surface area contributed by atoms with Crippen molar-refractivity contribution >= 4 is 0 Å². The summed E-state index contributed by atoms with van der Waals surface area (Å²) < 4.78 is 39.7. The standard InChI is InChI=1S/C24H32O8/c1-26-16-28-15-20-21(29-13-18-9-5-3-6-10-18)22(31-17-27-2)23(24(25)32-20)30-14-19-11-7-4-8-12-19/h3-12,20-25H,13-17H2,1-2H3/t20-,21-,22+,23-,24-/m1/s1. The number of aliphatic hydroxyl groups excluding tert-OH is 1. The highest BCUT2D eigenvalue weighted by Crippen LogP contribution is 2.29. The van der Waals surface area contributed by atoms with Crippen LogP contribution < -0.4 is 0 Å². The van der Waals surface area contributed by atoms with Crippen LogP contribution in [0.3, 0.4) is 0 Å². The zero-order chi connectivity index (χ0) is 22.6. The van der Waals surface area contributed by atoms with Crippen molar-refractivity contribution in [3.8, 4) is 0 Å². The predicted octanol–water partition coefficient (Wildman–Crippen LogP) is 2.48. The summed E-state index contributed by atoms with van der Waals surface area (Å²) in [5.74, 6) is 0. The zero-order valence-corrected chi connectivity index (χ0v) is 18.5. The predicted molar refractivity (Wildman–Crippen MR) is 115 cm³/mol. The molecular formula is C24H32O8. The zero-order valence-electron chi connectivity index (χ0n) is 18.5. The molecule has 8 heteroatoms. The second kappa shape index (κ2) is 13.6. The van der Waals surface area contributed by atoms with Crippen LogP contribution >= 0.6 is 0 Å². The molecule has 1 heterocycles. The van der Waals surface area contributed by atoms with Gasteiger partial charge in [0.15, 0.2) is 6.29 Å². The lowest BCUT2D eigenvalue weighted by atomic mass is 9.98. The fraction of sp³-hybridized carbons (Fsp3) is 0.500. The summed E-state index contributed by atoms with van der Waals surface area (Å²) >= 11 is 0. The Bertz CT molecular complexity index is 744. The molecule has 0 radical (unpaired) electrons. The minimum absolute atomic E-state index is 0.0133. The first kappa shape index (κ1) is 24.8. The molecule has 1 saturated heterocycles. The summed E-state index contributed by atoms with van der Waals surface area (Å²) in [7, 11) is 3.08. The number of benzene rings is 2. The monoisotopic (exact) mass is 448 g/mol. The Morgan fingerprint density at radius 3 is 1.84 bits per heavy atom. The van der Waals surface area contributed by atoms with Gasteiger partial charge in [0.05, 0.1) is 19.8 Å². The van der Waals surface area contributed by atoms with E-state index in [2.05, 4.69) is 0 Å². The van der Waals surface area contributed by atoms with Crippen LogP contribution in [0, 0.1) is 0 Å². The van der Waals surface area contributed by atoms with Crippen molar-refractivity contribution in [3.05, 3.63) is 71.8 Å². The Hall–Kier alpha value is -1.88. The molecule has 8 nitrogen and oxygen atoms in total. The molecule has 0 spiro atoms. The van der Waals surface area contributed by atoms with E-state index < -0.39 is 30.7 Å². The molecule has 32 heavy (non-hydrogen) atoms. The summed E-state index contributed by atoms with van der Waals surface area (Å²) in [6.45, 7) is 0.889. The Morgan fingerprint density at radius 1 is 0.719 bits per heavy atom. The smallest absolute Gasteiger partial charge is 0.184 e. The minimum atomic E-state index is -1.23. The maximum Gasteiger partial charge on any atom is 0.184 e. The van der Waals surface area contributed by atoms with Gasteiger partial charge in [0.2, 0.25) is 0 Å². The summed E-state index contributed by atoms with van der Waals surface area (Å²) in [6, 6.07) is 19.5. The van der Waals surface area contributed by atoms with E-state index in [1.165, 1.54) is 14.2 Å². The topological polar surface area (TPSA) is 84.8 Å². The lowest BCUT2D eigenvalue weighted by molar-refractivity contribution is -0.324. The van der Waals surface area contributed by atoms with Crippen LogP contribution in [-0.2, 0) is 46.4 Å². The highest BCUT2D eigenvalue weighted by Gasteiger charge is 2.48.